The van der Waals surface area contributed by atoms with Crippen LogP contribution in [0.5, 0.6) is 11.5 Å². The maximum absolute atomic E-state index is 12.0. The van der Waals surface area contributed by atoms with Crippen LogP contribution in [-0.2, 0) is 9.59 Å². The molecular weight excluding hydrogens is 276 g/mol. The molecule has 7 heteroatoms. The Kier molecular flexibility index (Phi) is 3.93. The van der Waals surface area contributed by atoms with Gasteiger partial charge in [-0.2, -0.15) is 0 Å². The molecule has 0 aromatic heterocycles. The van der Waals surface area contributed by atoms with Gasteiger partial charge in [0.05, 0.1) is 14.2 Å². The van der Waals surface area contributed by atoms with E-state index in [1.54, 1.807) is 18.2 Å². The normalized spacial score (nSPS) is 17.0. The molecule has 0 unspecified atom stereocenters. The molecule has 21 heavy (non-hydrogen) atoms. The second-order valence-corrected chi connectivity index (χ2v) is 4.29. The number of ether oxygens (including phenoxy) is 2. The van der Waals surface area contributed by atoms with Gasteiger partial charge in [-0.05, 0) is 24.3 Å². The number of carbonyl (C=O) groups excluding carboxylic acids is 3. The lowest BCUT2D eigenvalue weighted by molar-refractivity contribution is -0.129. The standard InChI is InChI=1S/C14H14N2O5/c1-16-13(18)10(12(17)15-14(16)19)7-8-6-9(20-2)4-5-11(8)21-3/h4-7H,1-3H3,(H,15,17,19)/b10-7-. The number of likely N-dealkylation sites (N-methyl/N-ethyl adjacent to an activating group) is 1. The van der Waals surface area contributed by atoms with Crippen LogP contribution in [0.4, 0.5) is 4.79 Å². The highest BCUT2D eigenvalue weighted by atomic mass is 16.5. The summed E-state index contributed by atoms with van der Waals surface area (Å²) in [5.41, 5.74) is 0.349. The van der Waals surface area contributed by atoms with E-state index in [1.165, 1.54) is 27.3 Å². The van der Waals surface area contributed by atoms with E-state index < -0.39 is 17.8 Å². The molecule has 2 rings (SSSR count). The van der Waals surface area contributed by atoms with E-state index in [-0.39, 0.29) is 5.57 Å². The molecule has 7 nitrogen and oxygen atoms in total. The Labute approximate surface area is 121 Å². The molecule has 1 heterocycles. The van der Waals surface area contributed by atoms with Crippen LogP contribution in [0.3, 0.4) is 0 Å². The minimum absolute atomic E-state index is 0.149. The molecule has 1 N–H and O–H groups in total. The van der Waals surface area contributed by atoms with Crippen molar-refractivity contribution in [3.8, 4) is 11.5 Å². The fourth-order valence-corrected chi connectivity index (χ4v) is 1.85. The van der Waals surface area contributed by atoms with Crippen molar-refractivity contribution in [1.82, 2.24) is 10.2 Å². The highest BCUT2D eigenvalue weighted by Gasteiger charge is 2.33. The molecule has 0 saturated carbocycles. The Morgan fingerprint density at radius 1 is 1.14 bits per heavy atom. The van der Waals surface area contributed by atoms with Crippen LogP contribution in [-0.4, -0.2) is 44.0 Å². The Balaban J connectivity index is 2.49. The van der Waals surface area contributed by atoms with Crippen molar-refractivity contribution < 1.29 is 23.9 Å². The lowest BCUT2D eigenvalue weighted by Gasteiger charge is -2.22. The number of hydrogen-bond donors (Lipinski definition) is 1. The SMILES string of the molecule is COc1ccc(OC)c(/C=C2/C(=O)NC(=O)N(C)C2=O)c1. The van der Waals surface area contributed by atoms with Crippen LogP contribution in [0.2, 0.25) is 0 Å². The molecule has 1 aliphatic heterocycles. The van der Waals surface area contributed by atoms with Crippen LogP contribution in [0, 0.1) is 0 Å². The zero-order chi connectivity index (χ0) is 15.6. The van der Waals surface area contributed by atoms with E-state index in [9.17, 15) is 14.4 Å². The molecule has 0 bridgehead atoms. The van der Waals surface area contributed by atoms with E-state index in [4.69, 9.17) is 9.47 Å². The number of nitrogens with zero attached hydrogens (tertiary/aromatic N) is 1. The first-order valence-corrected chi connectivity index (χ1v) is 6.05. The summed E-state index contributed by atoms with van der Waals surface area (Å²) in [5, 5.41) is 2.08. The van der Waals surface area contributed by atoms with Crippen molar-refractivity contribution in [3.63, 3.8) is 0 Å². The minimum atomic E-state index is -0.750. The lowest BCUT2D eigenvalue weighted by atomic mass is 10.1. The predicted molar refractivity (Wildman–Crippen MR) is 73.8 cm³/mol. The zero-order valence-electron chi connectivity index (χ0n) is 11.8. The first kappa shape index (κ1) is 14.6. The van der Waals surface area contributed by atoms with Crippen LogP contribution >= 0.6 is 0 Å². The second-order valence-electron chi connectivity index (χ2n) is 4.29. The van der Waals surface area contributed by atoms with Crippen molar-refractivity contribution in [1.29, 1.82) is 0 Å². The minimum Gasteiger partial charge on any atom is -0.497 e. The number of rotatable bonds is 3. The van der Waals surface area contributed by atoms with Crippen LogP contribution in [0.25, 0.3) is 6.08 Å². The van der Waals surface area contributed by atoms with E-state index in [2.05, 4.69) is 5.32 Å². The summed E-state index contributed by atoms with van der Waals surface area (Å²) >= 11 is 0. The van der Waals surface area contributed by atoms with Gasteiger partial charge in [-0.1, -0.05) is 0 Å². The Morgan fingerprint density at radius 3 is 2.48 bits per heavy atom. The van der Waals surface area contributed by atoms with Gasteiger partial charge in [0.1, 0.15) is 17.1 Å². The number of methoxy groups -OCH3 is 2. The van der Waals surface area contributed by atoms with Gasteiger partial charge in [0.15, 0.2) is 0 Å². The van der Waals surface area contributed by atoms with Crippen molar-refractivity contribution >= 4 is 23.9 Å². The van der Waals surface area contributed by atoms with E-state index in [0.717, 1.165) is 4.90 Å². The Bertz CT molecular complexity index is 651. The molecular formula is C14H14N2O5. The third kappa shape index (κ3) is 2.71. The second kappa shape index (κ2) is 5.66. The fourth-order valence-electron chi connectivity index (χ4n) is 1.85. The first-order valence-electron chi connectivity index (χ1n) is 6.05. The number of amides is 4. The molecule has 110 valence electrons. The number of barbiturate groups is 1. The molecule has 0 atom stereocenters. The van der Waals surface area contributed by atoms with Gasteiger partial charge in [-0.15, -0.1) is 0 Å². The molecule has 1 aliphatic rings. The van der Waals surface area contributed by atoms with Crippen molar-refractivity contribution in [3.05, 3.63) is 29.3 Å². The quantitative estimate of drug-likeness (QED) is 0.657. The molecule has 1 fully saturated rings. The van der Waals surface area contributed by atoms with Crippen LogP contribution in [0.1, 0.15) is 5.56 Å². The topological polar surface area (TPSA) is 84.9 Å². The maximum atomic E-state index is 12.0. The first-order chi connectivity index (χ1) is 9.97. The summed E-state index contributed by atoms with van der Waals surface area (Å²) in [6, 6.07) is 4.23. The van der Waals surface area contributed by atoms with Crippen LogP contribution in [0.15, 0.2) is 23.8 Å². The van der Waals surface area contributed by atoms with E-state index in [0.29, 0.717) is 17.1 Å². The number of nitrogens with one attached hydrogen (secondary N) is 1. The van der Waals surface area contributed by atoms with Gasteiger partial charge < -0.3 is 9.47 Å². The number of benzene rings is 1. The summed E-state index contributed by atoms with van der Waals surface area (Å²) in [6.07, 6.45) is 1.36. The summed E-state index contributed by atoms with van der Waals surface area (Å²) in [5.74, 6) is -0.388. The molecule has 1 aromatic carbocycles. The third-order valence-electron chi connectivity index (χ3n) is 3.04. The summed E-state index contributed by atoms with van der Waals surface area (Å²) < 4.78 is 10.3. The molecule has 4 amide bonds. The Hall–Kier alpha value is -2.83. The van der Waals surface area contributed by atoms with Gasteiger partial charge in [0, 0.05) is 12.6 Å². The number of imide groups is 2. The average Bonchev–Trinajstić information content (AvgIpc) is 2.49. The molecule has 0 aliphatic carbocycles. The highest BCUT2D eigenvalue weighted by Crippen LogP contribution is 2.27. The summed E-state index contributed by atoms with van der Waals surface area (Å²) in [6.45, 7) is 0. The van der Waals surface area contributed by atoms with Gasteiger partial charge in [-0.3, -0.25) is 19.8 Å². The number of hydrogen-bond acceptors (Lipinski definition) is 5. The molecule has 1 aromatic rings. The molecule has 1 saturated heterocycles. The smallest absolute Gasteiger partial charge is 0.331 e. The molecule has 0 radical (unpaired) electrons. The van der Waals surface area contributed by atoms with Gasteiger partial charge in [0.25, 0.3) is 11.8 Å². The highest BCUT2D eigenvalue weighted by molar-refractivity contribution is 6.30. The van der Waals surface area contributed by atoms with Gasteiger partial charge in [-0.25, -0.2) is 4.79 Å². The van der Waals surface area contributed by atoms with Crippen molar-refractivity contribution in [2.75, 3.05) is 21.3 Å². The van der Waals surface area contributed by atoms with E-state index >= 15 is 0 Å². The summed E-state index contributed by atoms with van der Waals surface area (Å²) in [4.78, 5) is 36.0. The number of carbonyl (C=O) groups is 3. The third-order valence-corrected chi connectivity index (χ3v) is 3.04. The molecule has 0 spiro atoms. The fraction of sp³-hybridized carbons (Fsp3) is 0.214. The van der Waals surface area contributed by atoms with Gasteiger partial charge >= 0.3 is 6.03 Å². The van der Waals surface area contributed by atoms with Crippen molar-refractivity contribution in [2.45, 2.75) is 0 Å². The number of urea groups is 1. The largest absolute Gasteiger partial charge is 0.497 e. The zero-order valence-corrected chi connectivity index (χ0v) is 11.8. The monoisotopic (exact) mass is 290 g/mol. The summed E-state index contributed by atoms with van der Waals surface area (Å²) in [7, 11) is 4.27. The Morgan fingerprint density at radius 2 is 1.86 bits per heavy atom. The van der Waals surface area contributed by atoms with Gasteiger partial charge in [0.2, 0.25) is 0 Å². The predicted octanol–water partition coefficient (Wildman–Crippen LogP) is 0.795. The van der Waals surface area contributed by atoms with E-state index in [1.807, 2.05) is 0 Å². The van der Waals surface area contributed by atoms with Crippen molar-refractivity contribution in [2.24, 2.45) is 0 Å². The van der Waals surface area contributed by atoms with Crippen LogP contribution < -0.4 is 14.8 Å². The lowest BCUT2D eigenvalue weighted by Crippen LogP contribution is -2.52. The average molecular weight is 290 g/mol. The maximum Gasteiger partial charge on any atom is 0.331 e.